The molecule has 168 valence electrons. The number of imidazole rings is 1. The van der Waals surface area contributed by atoms with Crippen molar-refractivity contribution in [1.82, 2.24) is 19.2 Å². The molecule has 0 spiro atoms. The van der Waals surface area contributed by atoms with Crippen LogP contribution < -0.4 is 5.73 Å². The molecule has 2 aromatic heterocycles. The molecule has 0 aliphatic carbocycles. The number of aromatic nitrogens is 2. The van der Waals surface area contributed by atoms with Gasteiger partial charge in [0.15, 0.2) is 4.96 Å². The number of rotatable bonds is 3. The highest BCUT2D eigenvalue weighted by Gasteiger charge is 2.26. The Balaban J connectivity index is 0.00000132. The number of piperazine rings is 1. The third-order valence-corrected chi connectivity index (χ3v) is 5.83. The van der Waals surface area contributed by atoms with Crippen LogP contribution in [0.5, 0.6) is 0 Å². The molecule has 4 rings (SSSR count). The third-order valence-electron chi connectivity index (χ3n) is 4.84. The summed E-state index contributed by atoms with van der Waals surface area (Å²) in [5.74, 6) is 0. The minimum absolute atomic E-state index is 0.223. The second-order valence-corrected chi connectivity index (χ2v) is 9.44. The maximum Gasteiger partial charge on any atom is 0.410 e. The zero-order chi connectivity index (χ0) is 22.6. The van der Waals surface area contributed by atoms with Gasteiger partial charge < -0.3 is 15.4 Å². The van der Waals surface area contributed by atoms with E-state index in [0.29, 0.717) is 13.1 Å². The molecule has 1 fully saturated rings. The molecule has 1 amide bonds. The quantitative estimate of drug-likeness (QED) is 0.593. The van der Waals surface area contributed by atoms with E-state index in [1.165, 1.54) is 4.88 Å². The van der Waals surface area contributed by atoms with Gasteiger partial charge >= 0.3 is 6.09 Å². The van der Waals surface area contributed by atoms with Crippen LogP contribution in [-0.4, -0.2) is 57.1 Å². The van der Waals surface area contributed by atoms with Crippen molar-refractivity contribution in [3.05, 3.63) is 41.5 Å². The molecule has 7 nitrogen and oxygen atoms in total. The van der Waals surface area contributed by atoms with E-state index in [1.807, 2.05) is 65.1 Å². The molecule has 3 heterocycles. The van der Waals surface area contributed by atoms with Gasteiger partial charge in [0.1, 0.15) is 5.60 Å². The summed E-state index contributed by atoms with van der Waals surface area (Å²) in [6, 6.07) is 7.79. The molecule has 1 saturated heterocycles. The Hall–Kier alpha value is -2.58. The molecule has 1 aliphatic rings. The maximum atomic E-state index is 12.2. The number of carbonyl (C=O) groups excluding carboxylic acids is 1. The minimum Gasteiger partial charge on any atom is -0.444 e. The first-order chi connectivity index (χ1) is 14.8. The number of para-hydroxylation sites is 1. The first-order valence-electron chi connectivity index (χ1n) is 10.8. The van der Waals surface area contributed by atoms with Crippen LogP contribution in [0.25, 0.3) is 16.2 Å². The smallest absolute Gasteiger partial charge is 0.410 e. The van der Waals surface area contributed by atoms with Crippen LogP contribution >= 0.6 is 11.3 Å². The van der Waals surface area contributed by atoms with E-state index in [4.69, 9.17) is 15.5 Å². The number of nitrogens with zero attached hydrogens (tertiary/aromatic N) is 4. The number of benzene rings is 1. The lowest BCUT2D eigenvalue weighted by atomic mass is 10.1. The second-order valence-electron chi connectivity index (χ2n) is 8.34. The maximum absolute atomic E-state index is 12.2. The van der Waals surface area contributed by atoms with Gasteiger partial charge in [-0.15, -0.1) is 0 Å². The Morgan fingerprint density at radius 1 is 1.13 bits per heavy atom. The summed E-state index contributed by atoms with van der Waals surface area (Å²) in [6.07, 6.45) is 3.94. The summed E-state index contributed by atoms with van der Waals surface area (Å²) in [5.41, 5.74) is 8.21. The second kappa shape index (κ2) is 9.70. The number of nitrogen functional groups attached to an aromatic ring is 1. The molecule has 0 bridgehead atoms. The molecular weight excluding hydrogens is 410 g/mol. The Bertz CT molecular complexity index is 981. The van der Waals surface area contributed by atoms with Gasteiger partial charge in [-0.05, 0) is 26.8 Å². The first-order valence-corrected chi connectivity index (χ1v) is 11.6. The van der Waals surface area contributed by atoms with Crippen molar-refractivity contribution in [2.45, 2.75) is 46.8 Å². The predicted octanol–water partition coefficient (Wildman–Crippen LogP) is 4.72. The minimum atomic E-state index is -0.455. The van der Waals surface area contributed by atoms with Gasteiger partial charge in [-0.1, -0.05) is 43.4 Å². The van der Waals surface area contributed by atoms with Crippen LogP contribution in [0.1, 0.15) is 39.5 Å². The zero-order valence-corrected chi connectivity index (χ0v) is 19.9. The fourth-order valence-electron chi connectivity index (χ4n) is 3.41. The summed E-state index contributed by atoms with van der Waals surface area (Å²) in [5, 5.41) is 0. The van der Waals surface area contributed by atoms with Crippen LogP contribution in [0.4, 0.5) is 10.5 Å². The molecule has 1 aromatic carbocycles. The summed E-state index contributed by atoms with van der Waals surface area (Å²) in [7, 11) is 0. The number of anilines is 1. The van der Waals surface area contributed by atoms with Gasteiger partial charge in [0.05, 0.1) is 5.69 Å². The monoisotopic (exact) mass is 443 g/mol. The lowest BCUT2D eigenvalue weighted by Gasteiger charge is -2.35. The number of nitrogens with two attached hydrogens (primary N) is 1. The van der Waals surface area contributed by atoms with E-state index in [9.17, 15) is 4.79 Å². The van der Waals surface area contributed by atoms with Gasteiger partial charge in [-0.2, -0.15) is 0 Å². The van der Waals surface area contributed by atoms with Gasteiger partial charge in [0.25, 0.3) is 0 Å². The SMILES string of the molecule is CC.CC(C)(C)OC(=O)N1CCN(Cc2cn3cc(-c4ccccc4N)nc3s2)CC1. The molecule has 8 heteroatoms. The number of carbonyl (C=O) groups is 1. The van der Waals surface area contributed by atoms with Crippen molar-refractivity contribution in [3.63, 3.8) is 0 Å². The molecule has 0 saturated carbocycles. The average molecular weight is 444 g/mol. The van der Waals surface area contributed by atoms with Crippen LogP contribution in [0.2, 0.25) is 0 Å². The van der Waals surface area contributed by atoms with E-state index < -0.39 is 5.60 Å². The Morgan fingerprint density at radius 2 is 1.81 bits per heavy atom. The van der Waals surface area contributed by atoms with E-state index in [-0.39, 0.29) is 6.09 Å². The average Bonchev–Trinajstić information content (AvgIpc) is 3.27. The van der Waals surface area contributed by atoms with Crippen molar-refractivity contribution in [2.24, 2.45) is 0 Å². The molecule has 0 unspecified atom stereocenters. The Morgan fingerprint density at radius 3 is 2.42 bits per heavy atom. The standard InChI is InChI=1S/C21H27N5O2S.C2H6/c1-21(2,3)28-20(27)25-10-8-24(9-11-25)12-15-13-26-14-18(23-19(26)29-15)16-6-4-5-7-17(16)22;1-2/h4-7,13-14H,8-12,22H2,1-3H3;1-2H3. The van der Waals surface area contributed by atoms with Gasteiger partial charge in [-0.25, -0.2) is 9.78 Å². The van der Waals surface area contributed by atoms with Gasteiger partial charge in [0, 0.05) is 61.2 Å². The highest BCUT2D eigenvalue weighted by molar-refractivity contribution is 7.17. The van der Waals surface area contributed by atoms with Crippen molar-refractivity contribution >= 4 is 28.1 Å². The number of ether oxygens (including phenoxy) is 1. The van der Waals surface area contributed by atoms with Crippen LogP contribution in [0.3, 0.4) is 0 Å². The largest absolute Gasteiger partial charge is 0.444 e. The van der Waals surface area contributed by atoms with Crippen molar-refractivity contribution in [1.29, 1.82) is 0 Å². The zero-order valence-electron chi connectivity index (χ0n) is 19.1. The van der Waals surface area contributed by atoms with Crippen LogP contribution in [0, 0.1) is 0 Å². The molecule has 3 aromatic rings. The normalized spacial score (nSPS) is 14.9. The predicted molar refractivity (Wildman–Crippen MR) is 127 cm³/mol. The summed E-state index contributed by atoms with van der Waals surface area (Å²) in [4.78, 5) is 23.3. The highest BCUT2D eigenvalue weighted by atomic mass is 32.1. The summed E-state index contributed by atoms with van der Waals surface area (Å²) in [6.45, 7) is 13.6. The Labute approximate surface area is 188 Å². The number of amides is 1. The summed E-state index contributed by atoms with van der Waals surface area (Å²) >= 11 is 1.69. The molecule has 0 radical (unpaired) electrons. The molecular formula is C23H33N5O2S. The van der Waals surface area contributed by atoms with E-state index in [1.54, 1.807) is 16.2 Å². The van der Waals surface area contributed by atoms with E-state index in [2.05, 4.69) is 15.5 Å². The Kier molecular flexibility index (Phi) is 7.23. The van der Waals surface area contributed by atoms with E-state index >= 15 is 0 Å². The highest BCUT2D eigenvalue weighted by Crippen LogP contribution is 2.28. The van der Waals surface area contributed by atoms with Crippen molar-refractivity contribution < 1.29 is 9.53 Å². The topological polar surface area (TPSA) is 76.1 Å². The number of hydrogen-bond donors (Lipinski definition) is 1. The van der Waals surface area contributed by atoms with E-state index in [0.717, 1.165) is 41.5 Å². The molecule has 2 N–H and O–H groups in total. The third kappa shape index (κ3) is 5.77. The lowest BCUT2D eigenvalue weighted by molar-refractivity contribution is 0.0139. The van der Waals surface area contributed by atoms with Crippen LogP contribution in [-0.2, 0) is 11.3 Å². The molecule has 1 aliphatic heterocycles. The number of fused-ring (bicyclic) bond motifs is 1. The number of hydrogen-bond acceptors (Lipinski definition) is 6. The molecule has 0 atom stereocenters. The fourth-order valence-corrected chi connectivity index (χ4v) is 4.41. The number of thiazole rings is 1. The molecule has 31 heavy (non-hydrogen) atoms. The first kappa shape index (κ1) is 23.1. The summed E-state index contributed by atoms with van der Waals surface area (Å²) < 4.78 is 7.53. The van der Waals surface area contributed by atoms with Crippen LogP contribution in [0.15, 0.2) is 36.7 Å². The lowest BCUT2D eigenvalue weighted by Crippen LogP contribution is -2.49. The van der Waals surface area contributed by atoms with Crippen molar-refractivity contribution in [2.75, 3.05) is 31.9 Å². The van der Waals surface area contributed by atoms with Crippen molar-refractivity contribution in [3.8, 4) is 11.3 Å². The fraction of sp³-hybridized carbons (Fsp3) is 0.478. The van der Waals surface area contributed by atoms with Gasteiger partial charge in [0.2, 0.25) is 0 Å². The van der Waals surface area contributed by atoms with Gasteiger partial charge in [-0.3, -0.25) is 9.30 Å².